The number of aromatic nitrogens is 3. The molecule has 4 nitrogen and oxygen atoms in total. The lowest BCUT2D eigenvalue weighted by atomic mass is 10.2. The Kier molecular flexibility index (Phi) is 2.60. The molecule has 2 aromatic rings. The van der Waals surface area contributed by atoms with E-state index in [0.29, 0.717) is 16.6 Å². The minimum atomic E-state index is 0.558. The lowest BCUT2D eigenvalue weighted by Gasteiger charge is -2.03. The number of aryl methyl sites for hydroxylation is 1. The van der Waals surface area contributed by atoms with Gasteiger partial charge in [-0.05, 0) is 18.2 Å². The maximum Gasteiger partial charge on any atom is 0.181 e. The zero-order valence-corrected chi connectivity index (χ0v) is 9.19. The zero-order valence-electron chi connectivity index (χ0n) is 8.44. The van der Waals surface area contributed by atoms with Crippen LogP contribution >= 0.6 is 11.6 Å². The fourth-order valence-corrected chi connectivity index (χ4v) is 1.53. The summed E-state index contributed by atoms with van der Waals surface area (Å²) >= 11 is 6.00. The first-order valence-electron chi connectivity index (χ1n) is 4.40. The molecule has 5 heteroatoms. The molecule has 2 rings (SSSR count). The van der Waals surface area contributed by atoms with Crippen molar-refractivity contribution in [2.75, 3.05) is 7.11 Å². The molecule has 0 fully saturated rings. The van der Waals surface area contributed by atoms with Crippen molar-refractivity contribution in [3.8, 4) is 17.1 Å². The van der Waals surface area contributed by atoms with Gasteiger partial charge in [0.25, 0.3) is 0 Å². The summed E-state index contributed by atoms with van der Waals surface area (Å²) in [7, 11) is 3.40. The highest BCUT2D eigenvalue weighted by molar-refractivity contribution is 6.32. The van der Waals surface area contributed by atoms with Crippen LogP contribution in [0.15, 0.2) is 24.5 Å². The number of halogens is 1. The Balaban J connectivity index is 2.42. The van der Waals surface area contributed by atoms with E-state index in [-0.39, 0.29) is 0 Å². The summed E-state index contributed by atoms with van der Waals surface area (Å²) < 4.78 is 6.71. The van der Waals surface area contributed by atoms with Gasteiger partial charge in [-0.25, -0.2) is 4.98 Å². The normalized spacial score (nSPS) is 10.3. The van der Waals surface area contributed by atoms with Gasteiger partial charge in [0.05, 0.1) is 12.1 Å². The molecular weight excluding hydrogens is 214 g/mol. The molecule has 0 atom stereocenters. The molecule has 0 N–H and O–H groups in total. The number of hydrogen-bond donors (Lipinski definition) is 0. The lowest BCUT2D eigenvalue weighted by molar-refractivity contribution is 0.415. The van der Waals surface area contributed by atoms with Crippen molar-refractivity contribution in [1.82, 2.24) is 14.8 Å². The van der Waals surface area contributed by atoms with Crippen molar-refractivity contribution in [1.29, 1.82) is 0 Å². The first-order chi connectivity index (χ1) is 7.20. The van der Waals surface area contributed by atoms with Crippen LogP contribution in [0.2, 0.25) is 5.02 Å². The van der Waals surface area contributed by atoms with Gasteiger partial charge < -0.3 is 4.74 Å². The Morgan fingerprint density at radius 2 is 2.20 bits per heavy atom. The van der Waals surface area contributed by atoms with Crippen LogP contribution in [0, 0.1) is 0 Å². The van der Waals surface area contributed by atoms with E-state index < -0.39 is 0 Å². The van der Waals surface area contributed by atoms with Crippen molar-refractivity contribution < 1.29 is 4.74 Å². The molecule has 1 aromatic carbocycles. The van der Waals surface area contributed by atoms with Crippen LogP contribution in [0.1, 0.15) is 0 Å². The third kappa shape index (κ3) is 1.94. The van der Waals surface area contributed by atoms with Crippen molar-refractivity contribution in [3.05, 3.63) is 29.5 Å². The number of benzene rings is 1. The predicted octanol–water partition coefficient (Wildman–Crippen LogP) is 2.14. The topological polar surface area (TPSA) is 39.9 Å². The van der Waals surface area contributed by atoms with Crippen LogP contribution in [0.25, 0.3) is 11.4 Å². The van der Waals surface area contributed by atoms with Crippen LogP contribution in [-0.2, 0) is 7.05 Å². The highest BCUT2D eigenvalue weighted by Gasteiger charge is 2.06. The smallest absolute Gasteiger partial charge is 0.181 e. The zero-order chi connectivity index (χ0) is 10.8. The van der Waals surface area contributed by atoms with Gasteiger partial charge in [0, 0.05) is 12.6 Å². The summed E-state index contributed by atoms with van der Waals surface area (Å²) in [6.45, 7) is 0. The van der Waals surface area contributed by atoms with Gasteiger partial charge in [0.2, 0.25) is 0 Å². The van der Waals surface area contributed by atoms with E-state index in [1.165, 1.54) is 0 Å². The Bertz CT molecular complexity index is 481. The number of methoxy groups -OCH3 is 1. The quantitative estimate of drug-likeness (QED) is 0.783. The van der Waals surface area contributed by atoms with Crippen molar-refractivity contribution in [2.45, 2.75) is 0 Å². The Morgan fingerprint density at radius 1 is 1.40 bits per heavy atom. The van der Waals surface area contributed by atoms with Gasteiger partial charge in [-0.15, -0.1) is 0 Å². The van der Waals surface area contributed by atoms with Gasteiger partial charge in [0.1, 0.15) is 12.1 Å². The van der Waals surface area contributed by atoms with Gasteiger partial charge in [-0.1, -0.05) is 11.6 Å². The molecular formula is C10H10ClN3O. The van der Waals surface area contributed by atoms with Gasteiger partial charge in [0.15, 0.2) is 5.82 Å². The highest BCUT2D eigenvalue weighted by Crippen LogP contribution is 2.28. The summed E-state index contributed by atoms with van der Waals surface area (Å²) in [5.41, 5.74) is 0.876. The fourth-order valence-electron chi connectivity index (χ4n) is 1.28. The summed E-state index contributed by atoms with van der Waals surface area (Å²) in [6, 6.07) is 5.46. The van der Waals surface area contributed by atoms with E-state index in [2.05, 4.69) is 10.1 Å². The number of ether oxygens (including phenoxy) is 1. The second-order valence-corrected chi connectivity index (χ2v) is 3.50. The van der Waals surface area contributed by atoms with E-state index >= 15 is 0 Å². The molecule has 78 valence electrons. The minimum Gasteiger partial charge on any atom is -0.495 e. The predicted molar refractivity (Wildman–Crippen MR) is 58.0 cm³/mol. The highest BCUT2D eigenvalue weighted by atomic mass is 35.5. The second kappa shape index (κ2) is 3.90. The molecule has 0 unspecified atom stereocenters. The molecule has 0 aliphatic carbocycles. The van der Waals surface area contributed by atoms with Crippen LogP contribution < -0.4 is 4.74 Å². The molecule has 0 aliphatic heterocycles. The van der Waals surface area contributed by atoms with Crippen molar-refractivity contribution in [3.63, 3.8) is 0 Å². The maximum absolute atomic E-state index is 6.00. The summed E-state index contributed by atoms with van der Waals surface area (Å²) in [5.74, 6) is 1.30. The Labute approximate surface area is 92.5 Å². The molecule has 1 heterocycles. The number of hydrogen-bond acceptors (Lipinski definition) is 3. The number of rotatable bonds is 2. The monoisotopic (exact) mass is 223 g/mol. The molecule has 0 bridgehead atoms. The maximum atomic E-state index is 6.00. The standard InChI is InChI=1S/C10H10ClN3O/c1-14-6-12-10(13-14)7-3-4-9(15-2)8(11)5-7/h3-6H,1-2H3. The first-order valence-corrected chi connectivity index (χ1v) is 4.78. The van der Waals surface area contributed by atoms with Crippen LogP contribution in [-0.4, -0.2) is 21.9 Å². The van der Waals surface area contributed by atoms with Crippen molar-refractivity contribution in [2.24, 2.45) is 7.05 Å². The third-order valence-electron chi connectivity index (χ3n) is 2.01. The molecule has 0 aliphatic rings. The van der Waals surface area contributed by atoms with E-state index in [9.17, 15) is 0 Å². The molecule has 1 aromatic heterocycles. The van der Waals surface area contributed by atoms with Crippen molar-refractivity contribution >= 4 is 11.6 Å². The Hall–Kier alpha value is -1.55. The summed E-state index contributed by atoms with van der Waals surface area (Å²) in [5, 5.41) is 4.74. The van der Waals surface area contributed by atoms with Gasteiger partial charge in [-0.3, -0.25) is 4.68 Å². The SMILES string of the molecule is COc1ccc(-c2ncn(C)n2)cc1Cl. The molecule has 15 heavy (non-hydrogen) atoms. The van der Waals surface area contributed by atoms with Crippen LogP contribution in [0.4, 0.5) is 0 Å². The van der Waals surface area contributed by atoms with E-state index in [4.69, 9.17) is 16.3 Å². The van der Waals surface area contributed by atoms with Gasteiger partial charge >= 0.3 is 0 Å². The lowest BCUT2D eigenvalue weighted by Crippen LogP contribution is -1.89. The largest absolute Gasteiger partial charge is 0.495 e. The van der Waals surface area contributed by atoms with Crippen LogP contribution in [0.5, 0.6) is 5.75 Å². The van der Waals surface area contributed by atoms with E-state index in [1.807, 2.05) is 13.1 Å². The molecule has 0 amide bonds. The molecule has 0 saturated heterocycles. The minimum absolute atomic E-state index is 0.558. The molecule has 0 saturated carbocycles. The third-order valence-corrected chi connectivity index (χ3v) is 2.30. The van der Waals surface area contributed by atoms with E-state index in [1.54, 1.807) is 30.3 Å². The fraction of sp³-hybridized carbons (Fsp3) is 0.200. The molecule has 0 spiro atoms. The average molecular weight is 224 g/mol. The summed E-state index contributed by atoms with van der Waals surface area (Å²) in [4.78, 5) is 4.14. The summed E-state index contributed by atoms with van der Waals surface area (Å²) in [6.07, 6.45) is 1.65. The first kappa shape index (κ1) is 9.98. The van der Waals surface area contributed by atoms with Gasteiger partial charge in [-0.2, -0.15) is 5.10 Å². The number of nitrogens with zero attached hydrogens (tertiary/aromatic N) is 3. The van der Waals surface area contributed by atoms with Crippen LogP contribution in [0.3, 0.4) is 0 Å². The molecule has 0 radical (unpaired) electrons. The average Bonchev–Trinajstić information content (AvgIpc) is 2.65. The second-order valence-electron chi connectivity index (χ2n) is 3.09. The Morgan fingerprint density at radius 3 is 2.73 bits per heavy atom. The van der Waals surface area contributed by atoms with E-state index in [0.717, 1.165) is 5.56 Å².